The molecular weight excluding hydrogens is 340 g/mol. The van der Waals surface area contributed by atoms with Crippen LogP contribution in [0.5, 0.6) is 0 Å². The standard InChI is InChI=1S/C22H26N2O3/c1-15-10-11-18(22(27)24-12-6-9-19(24)13-16(2)25)14-20(15)23-21(26)17-7-4-3-5-8-17/h3-5,7-8,10-11,14,16,19,25H,6,9,12-13H2,1-2H3,(H,23,26). The number of anilines is 1. The Morgan fingerprint density at radius 3 is 2.63 bits per heavy atom. The Labute approximate surface area is 160 Å². The first-order chi connectivity index (χ1) is 13.0. The summed E-state index contributed by atoms with van der Waals surface area (Å²) in [5.41, 5.74) is 2.67. The average Bonchev–Trinajstić information content (AvgIpc) is 3.11. The molecular formula is C22H26N2O3. The molecule has 1 aliphatic rings. The lowest BCUT2D eigenvalue weighted by molar-refractivity contribution is 0.0681. The van der Waals surface area contributed by atoms with Crippen LogP contribution in [0.15, 0.2) is 48.5 Å². The fourth-order valence-corrected chi connectivity index (χ4v) is 3.58. The molecule has 2 N–H and O–H groups in total. The summed E-state index contributed by atoms with van der Waals surface area (Å²) < 4.78 is 0. The molecule has 142 valence electrons. The fourth-order valence-electron chi connectivity index (χ4n) is 3.58. The number of nitrogens with one attached hydrogen (secondary N) is 1. The largest absolute Gasteiger partial charge is 0.393 e. The molecule has 1 heterocycles. The number of carbonyl (C=O) groups is 2. The maximum atomic E-state index is 13.0. The molecule has 3 rings (SSSR count). The van der Waals surface area contributed by atoms with Crippen molar-refractivity contribution in [3.8, 4) is 0 Å². The smallest absolute Gasteiger partial charge is 0.255 e. The third kappa shape index (κ3) is 4.55. The van der Waals surface area contributed by atoms with Crippen LogP contribution in [0.3, 0.4) is 0 Å². The lowest BCUT2D eigenvalue weighted by Gasteiger charge is -2.26. The number of benzene rings is 2. The van der Waals surface area contributed by atoms with E-state index in [1.807, 2.05) is 36.1 Å². The molecule has 2 amide bonds. The first kappa shape index (κ1) is 19.1. The van der Waals surface area contributed by atoms with E-state index < -0.39 is 6.10 Å². The van der Waals surface area contributed by atoms with Gasteiger partial charge in [0, 0.05) is 29.4 Å². The van der Waals surface area contributed by atoms with Crippen LogP contribution in [0.4, 0.5) is 5.69 Å². The molecule has 1 saturated heterocycles. The van der Waals surface area contributed by atoms with Crippen LogP contribution in [-0.4, -0.2) is 40.5 Å². The molecule has 5 nitrogen and oxygen atoms in total. The van der Waals surface area contributed by atoms with Crippen LogP contribution in [0, 0.1) is 6.92 Å². The average molecular weight is 366 g/mol. The number of aliphatic hydroxyl groups is 1. The van der Waals surface area contributed by atoms with Crippen LogP contribution in [0.1, 0.15) is 52.5 Å². The molecule has 0 aromatic heterocycles. The first-order valence-electron chi connectivity index (χ1n) is 9.42. The second-order valence-electron chi connectivity index (χ2n) is 7.23. The number of aliphatic hydroxyl groups excluding tert-OH is 1. The van der Waals surface area contributed by atoms with Crippen LogP contribution < -0.4 is 5.32 Å². The first-order valence-corrected chi connectivity index (χ1v) is 9.42. The molecule has 2 aromatic carbocycles. The van der Waals surface area contributed by atoms with Gasteiger partial charge in [-0.2, -0.15) is 0 Å². The van der Waals surface area contributed by atoms with E-state index in [1.54, 1.807) is 31.2 Å². The molecule has 2 unspecified atom stereocenters. The third-order valence-electron chi connectivity index (χ3n) is 5.02. The predicted molar refractivity (Wildman–Crippen MR) is 106 cm³/mol. The molecule has 1 aliphatic heterocycles. The van der Waals surface area contributed by atoms with E-state index in [1.165, 1.54) is 0 Å². The molecule has 0 spiro atoms. The second kappa shape index (κ2) is 8.35. The van der Waals surface area contributed by atoms with E-state index in [0.29, 0.717) is 29.8 Å². The highest BCUT2D eigenvalue weighted by Crippen LogP contribution is 2.25. The SMILES string of the molecule is Cc1ccc(C(=O)N2CCCC2CC(C)O)cc1NC(=O)c1ccccc1. The summed E-state index contributed by atoms with van der Waals surface area (Å²) in [5.74, 6) is -0.246. The molecule has 0 aliphatic carbocycles. The molecule has 0 bridgehead atoms. The van der Waals surface area contributed by atoms with Crippen molar-refractivity contribution in [2.45, 2.75) is 45.3 Å². The number of aryl methyl sites for hydroxylation is 1. The highest BCUT2D eigenvalue weighted by molar-refractivity contribution is 6.05. The maximum Gasteiger partial charge on any atom is 0.255 e. The molecule has 2 aromatic rings. The Balaban J connectivity index is 1.78. The number of amides is 2. The van der Waals surface area contributed by atoms with E-state index >= 15 is 0 Å². The number of likely N-dealkylation sites (tertiary alicyclic amines) is 1. The molecule has 5 heteroatoms. The number of hydrogen-bond donors (Lipinski definition) is 2. The Morgan fingerprint density at radius 2 is 1.93 bits per heavy atom. The topological polar surface area (TPSA) is 69.6 Å². The van der Waals surface area contributed by atoms with E-state index in [9.17, 15) is 14.7 Å². The van der Waals surface area contributed by atoms with Crippen molar-refractivity contribution in [2.75, 3.05) is 11.9 Å². The van der Waals surface area contributed by atoms with Gasteiger partial charge >= 0.3 is 0 Å². The quantitative estimate of drug-likeness (QED) is 0.849. The summed E-state index contributed by atoms with van der Waals surface area (Å²) in [6.45, 7) is 4.36. The van der Waals surface area contributed by atoms with Gasteiger partial charge in [-0.3, -0.25) is 9.59 Å². The number of carbonyl (C=O) groups excluding carboxylic acids is 2. The Hall–Kier alpha value is -2.66. The summed E-state index contributed by atoms with van der Waals surface area (Å²) in [4.78, 5) is 27.3. The summed E-state index contributed by atoms with van der Waals surface area (Å²) in [6.07, 6.45) is 2.03. The van der Waals surface area contributed by atoms with Gasteiger partial charge in [0.2, 0.25) is 0 Å². The van der Waals surface area contributed by atoms with Crippen molar-refractivity contribution in [3.05, 3.63) is 65.2 Å². The van der Waals surface area contributed by atoms with E-state index in [4.69, 9.17) is 0 Å². The van der Waals surface area contributed by atoms with Gasteiger partial charge < -0.3 is 15.3 Å². The summed E-state index contributed by atoms with van der Waals surface area (Å²) in [5, 5.41) is 12.6. The molecule has 0 saturated carbocycles. The maximum absolute atomic E-state index is 13.0. The monoisotopic (exact) mass is 366 g/mol. The highest BCUT2D eigenvalue weighted by Gasteiger charge is 2.30. The number of nitrogens with zero attached hydrogens (tertiary/aromatic N) is 1. The summed E-state index contributed by atoms with van der Waals surface area (Å²) in [6, 6.07) is 14.5. The minimum atomic E-state index is -0.429. The summed E-state index contributed by atoms with van der Waals surface area (Å²) in [7, 11) is 0. The van der Waals surface area contributed by atoms with Gasteiger partial charge in [0.25, 0.3) is 11.8 Å². The summed E-state index contributed by atoms with van der Waals surface area (Å²) >= 11 is 0. The van der Waals surface area contributed by atoms with Crippen LogP contribution in [-0.2, 0) is 0 Å². The fraction of sp³-hybridized carbons (Fsp3) is 0.364. The van der Waals surface area contributed by atoms with Crippen LogP contribution >= 0.6 is 0 Å². The van der Waals surface area contributed by atoms with Crippen molar-refractivity contribution >= 4 is 17.5 Å². The number of hydrogen-bond acceptors (Lipinski definition) is 3. The molecule has 0 radical (unpaired) electrons. The normalized spacial score (nSPS) is 17.6. The van der Waals surface area contributed by atoms with Crippen molar-refractivity contribution in [3.63, 3.8) is 0 Å². The van der Waals surface area contributed by atoms with Gasteiger partial charge in [0.1, 0.15) is 0 Å². The van der Waals surface area contributed by atoms with Crippen molar-refractivity contribution in [2.24, 2.45) is 0 Å². The van der Waals surface area contributed by atoms with Gasteiger partial charge in [-0.1, -0.05) is 24.3 Å². The van der Waals surface area contributed by atoms with Gasteiger partial charge in [-0.25, -0.2) is 0 Å². The lowest BCUT2D eigenvalue weighted by atomic mass is 10.1. The van der Waals surface area contributed by atoms with Crippen molar-refractivity contribution < 1.29 is 14.7 Å². The minimum Gasteiger partial charge on any atom is -0.393 e. The van der Waals surface area contributed by atoms with Gasteiger partial charge in [0.05, 0.1) is 6.10 Å². The zero-order valence-electron chi connectivity index (χ0n) is 15.8. The van der Waals surface area contributed by atoms with Crippen LogP contribution in [0.2, 0.25) is 0 Å². The Morgan fingerprint density at radius 1 is 1.19 bits per heavy atom. The van der Waals surface area contributed by atoms with E-state index in [-0.39, 0.29) is 17.9 Å². The van der Waals surface area contributed by atoms with Crippen molar-refractivity contribution in [1.82, 2.24) is 4.90 Å². The lowest BCUT2D eigenvalue weighted by Crippen LogP contribution is -2.37. The van der Waals surface area contributed by atoms with Crippen molar-refractivity contribution in [1.29, 1.82) is 0 Å². The second-order valence-corrected chi connectivity index (χ2v) is 7.23. The molecule has 2 atom stereocenters. The predicted octanol–water partition coefficient (Wildman–Crippen LogP) is 3.62. The van der Waals surface area contributed by atoms with Gasteiger partial charge in [-0.15, -0.1) is 0 Å². The Bertz CT molecular complexity index is 818. The molecule has 27 heavy (non-hydrogen) atoms. The number of rotatable bonds is 5. The van der Waals surface area contributed by atoms with Gasteiger partial charge in [-0.05, 0) is 62.9 Å². The zero-order valence-corrected chi connectivity index (χ0v) is 15.8. The van der Waals surface area contributed by atoms with Gasteiger partial charge in [0.15, 0.2) is 0 Å². The molecule has 1 fully saturated rings. The third-order valence-corrected chi connectivity index (χ3v) is 5.02. The highest BCUT2D eigenvalue weighted by atomic mass is 16.3. The zero-order chi connectivity index (χ0) is 19.4. The van der Waals surface area contributed by atoms with E-state index in [0.717, 1.165) is 18.4 Å². The van der Waals surface area contributed by atoms with E-state index in [2.05, 4.69) is 5.32 Å². The Kier molecular flexibility index (Phi) is 5.91. The van der Waals surface area contributed by atoms with Crippen LogP contribution in [0.25, 0.3) is 0 Å². The minimum absolute atomic E-state index is 0.0478.